The van der Waals surface area contributed by atoms with Crippen molar-refractivity contribution >= 4 is 63.8 Å². The first-order valence-electron chi connectivity index (χ1n) is 18.8. The van der Waals surface area contributed by atoms with Gasteiger partial charge in [0.2, 0.25) is 0 Å². The van der Waals surface area contributed by atoms with Gasteiger partial charge in [0.1, 0.15) is 0 Å². The number of hydrogen-bond donors (Lipinski definition) is 0. The monoisotopic (exact) mass is 715 g/mol. The molecule has 2 aromatic heterocycles. The Morgan fingerprint density at radius 1 is 0.273 bits per heavy atom. The van der Waals surface area contributed by atoms with Gasteiger partial charge in [-0.25, -0.2) is 4.98 Å². The zero-order chi connectivity index (χ0) is 36.3. The minimum atomic E-state index is 0.956. The van der Waals surface area contributed by atoms with Crippen molar-refractivity contribution in [2.45, 2.75) is 0 Å². The maximum absolute atomic E-state index is 5.23. The van der Waals surface area contributed by atoms with Gasteiger partial charge in [-0.1, -0.05) is 176 Å². The largest absolute Gasteiger partial charge is 0.248 e. The predicted molar refractivity (Wildman–Crippen MR) is 237 cm³/mol. The third-order valence-corrected chi connectivity index (χ3v) is 12.3. The summed E-state index contributed by atoms with van der Waals surface area (Å²) in [6, 6.07) is 72.7. The third-order valence-electron chi connectivity index (χ3n) is 11.1. The standard InChI is InChI=1S/C53H33NS/c1-2-11-37(12-3-1)50-32-40(35-21-25-36(26-22-35)41-18-10-19-48-47-17-8-9-20-52(47)55-53(41)48)33-51(54-50)38-27-23-34(24-28-38)39-29-30-46-44-15-5-4-13-42(44)43-14-6-7-16-45(43)49(46)31-39/h1-33H. The molecule has 0 unspecified atom stereocenters. The van der Waals surface area contributed by atoms with E-state index in [4.69, 9.17) is 4.98 Å². The molecule has 0 bridgehead atoms. The average Bonchev–Trinajstić information content (AvgIpc) is 3.66. The van der Waals surface area contributed by atoms with Crippen LogP contribution in [0.1, 0.15) is 0 Å². The molecule has 2 heteroatoms. The number of pyridine rings is 1. The molecule has 0 fully saturated rings. The van der Waals surface area contributed by atoms with Crippen LogP contribution < -0.4 is 0 Å². The number of nitrogens with zero attached hydrogens (tertiary/aromatic N) is 1. The summed E-state index contributed by atoms with van der Waals surface area (Å²) in [7, 11) is 0. The lowest BCUT2D eigenvalue weighted by Gasteiger charge is -2.13. The SMILES string of the molecule is c1ccc(-c2cc(-c3ccc(-c4cccc5c4sc4ccccc45)cc3)cc(-c3ccc(-c4ccc5c6ccccc6c6ccccc6c5c4)cc3)n2)cc1. The summed E-state index contributed by atoms with van der Waals surface area (Å²) < 4.78 is 2.66. The Hall–Kier alpha value is -6.87. The summed E-state index contributed by atoms with van der Waals surface area (Å²) in [5.41, 5.74) is 11.3. The van der Waals surface area contributed by atoms with Gasteiger partial charge in [0.25, 0.3) is 0 Å². The first kappa shape index (κ1) is 31.6. The van der Waals surface area contributed by atoms with Gasteiger partial charge < -0.3 is 0 Å². The van der Waals surface area contributed by atoms with Crippen molar-refractivity contribution in [2.75, 3.05) is 0 Å². The maximum atomic E-state index is 5.23. The second-order valence-electron chi connectivity index (χ2n) is 14.3. The minimum absolute atomic E-state index is 0.956. The van der Waals surface area contributed by atoms with Gasteiger partial charge in [0, 0.05) is 31.3 Å². The molecule has 0 saturated carbocycles. The molecule has 0 aliphatic carbocycles. The minimum Gasteiger partial charge on any atom is -0.248 e. The van der Waals surface area contributed by atoms with Gasteiger partial charge in [0.05, 0.1) is 11.4 Å². The number of aromatic nitrogens is 1. The fraction of sp³-hybridized carbons (Fsp3) is 0. The van der Waals surface area contributed by atoms with Crippen LogP contribution in [0.5, 0.6) is 0 Å². The topological polar surface area (TPSA) is 12.9 Å². The summed E-state index contributed by atoms with van der Waals surface area (Å²) in [5, 5.41) is 10.4. The molecule has 0 amide bonds. The second-order valence-corrected chi connectivity index (χ2v) is 15.3. The van der Waals surface area contributed by atoms with Gasteiger partial charge in [-0.15, -0.1) is 11.3 Å². The Morgan fingerprint density at radius 3 is 1.42 bits per heavy atom. The van der Waals surface area contributed by atoms with Crippen molar-refractivity contribution in [1.29, 1.82) is 0 Å². The van der Waals surface area contributed by atoms with Crippen LogP contribution in [0.2, 0.25) is 0 Å². The number of fused-ring (bicyclic) bond motifs is 9. The Labute approximate surface area is 323 Å². The molecule has 256 valence electrons. The Kier molecular flexibility index (Phi) is 7.43. The molecule has 0 aliphatic rings. The van der Waals surface area contributed by atoms with E-state index < -0.39 is 0 Å². The molecule has 0 saturated heterocycles. The first-order valence-corrected chi connectivity index (χ1v) is 19.6. The Bertz CT molecular complexity index is 3190. The molecule has 0 spiro atoms. The quantitative estimate of drug-likeness (QED) is 0.162. The molecule has 0 atom stereocenters. The van der Waals surface area contributed by atoms with E-state index in [1.54, 1.807) is 0 Å². The highest BCUT2D eigenvalue weighted by Crippen LogP contribution is 2.41. The summed E-state index contributed by atoms with van der Waals surface area (Å²) in [5.74, 6) is 0. The van der Waals surface area contributed by atoms with Gasteiger partial charge in [0.15, 0.2) is 0 Å². The fourth-order valence-electron chi connectivity index (χ4n) is 8.34. The van der Waals surface area contributed by atoms with Crippen molar-refractivity contribution in [1.82, 2.24) is 4.98 Å². The van der Waals surface area contributed by atoms with Gasteiger partial charge >= 0.3 is 0 Å². The molecule has 2 heterocycles. The Morgan fingerprint density at radius 2 is 0.745 bits per heavy atom. The first-order chi connectivity index (χ1) is 27.2. The molecular weight excluding hydrogens is 683 g/mol. The number of rotatable bonds is 5. The van der Waals surface area contributed by atoms with E-state index in [1.165, 1.54) is 80.3 Å². The van der Waals surface area contributed by atoms with Crippen LogP contribution in [0.3, 0.4) is 0 Å². The normalized spacial score (nSPS) is 11.6. The van der Waals surface area contributed by atoms with Crippen molar-refractivity contribution in [3.63, 3.8) is 0 Å². The molecule has 0 radical (unpaired) electrons. The van der Waals surface area contributed by atoms with Crippen LogP contribution in [0.15, 0.2) is 200 Å². The number of thiophene rings is 1. The highest BCUT2D eigenvalue weighted by atomic mass is 32.1. The van der Waals surface area contributed by atoms with Crippen LogP contribution >= 0.6 is 11.3 Å². The molecule has 11 rings (SSSR count). The summed E-state index contributed by atoms with van der Waals surface area (Å²) >= 11 is 1.87. The molecule has 0 aliphatic heterocycles. The smallest absolute Gasteiger partial charge is 0.0715 e. The molecule has 9 aromatic carbocycles. The lowest BCUT2D eigenvalue weighted by molar-refractivity contribution is 1.32. The highest BCUT2D eigenvalue weighted by molar-refractivity contribution is 7.26. The van der Waals surface area contributed by atoms with E-state index in [1.807, 2.05) is 11.3 Å². The van der Waals surface area contributed by atoms with Crippen molar-refractivity contribution < 1.29 is 0 Å². The lowest BCUT2D eigenvalue weighted by atomic mass is 9.92. The van der Waals surface area contributed by atoms with Crippen molar-refractivity contribution in [3.8, 4) is 55.9 Å². The fourth-order valence-corrected chi connectivity index (χ4v) is 9.58. The van der Waals surface area contributed by atoms with E-state index in [-0.39, 0.29) is 0 Å². The van der Waals surface area contributed by atoms with Crippen LogP contribution in [0.4, 0.5) is 0 Å². The average molecular weight is 716 g/mol. The van der Waals surface area contributed by atoms with Crippen molar-refractivity contribution in [3.05, 3.63) is 200 Å². The Balaban J connectivity index is 0.975. The molecule has 55 heavy (non-hydrogen) atoms. The van der Waals surface area contributed by atoms with Gasteiger partial charge in [-0.05, 0) is 90.0 Å². The van der Waals surface area contributed by atoms with Gasteiger partial charge in [-0.3, -0.25) is 0 Å². The third kappa shape index (κ3) is 5.42. The molecule has 1 nitrogen and oxygen atoms in total. The van der Waals surface area contributed by atoms with E-state index in [9.17, 15) is 0 Å². The van der Waals surface area contributed by atoms with Crippen molar-refractivity contribution in [2.24, 2.45) is 0 Å². The lowest BCUT2D eigenvalue weighted by Crippen LogP contribution is -1.91. The summed E-state index contributed by atoms with van der Waals surface area (Å²) in [6.07, 6.45) is 0. The summed E-state index contributed by atoms with van der Waals surface area (Å²) in [6.45, 7) is 0. The van der Waals surface area contributed by atoms with Crippen LogP contribution in [0, 0.1) is 0 Å². The summed E-state index contributed by atoms with van der Waals surface area (Å²) in [4.78, 5) is 5.23. The second kappa shape index (κ2) is 12.9. The van der Waals surface area contributed by atoms with Crippen LogP contribution in [-0.4, -0.2) is 4.98 Å². The predicted octanol–water partition coefficient (Wildman–Crippen LogP) is 15.2. The maximum Gasteiger partial charge on any atom is 0.0715 e. The highest BCUT2D eigenvalue weighted by Gasteiger charge is 2.14. The van der Waals surface area contributed by atoms with Crippen LogP contribution in [-0.2, 0) is 0 Å². The number of hydrogen-bond acceptors (Lipinski definition) is 2. The number of benzene rings is 9. The van der Waals surface area contributed by atoms with E-state index in [0.29, 0.717) is 0 Å². The zero-order valence-electron chi connectivity index (χ0n) is 29.9. The molecule has 0 N–H and O–H groups in total. The van der Waals surface area contributed by atoms with E-state index >= 15 is 0 Å². The van der Waals surface area contributed by atoms with Crippen LogP contribution in [0.25, 0.3) is 108 Å². The van der Waals surface area contributed by atoms with E-state index in [2.05, 4.69) is 200 Å². The van der Waals surface area contributed by atoms with E-state index in [0.717, 1.165) is 28.1 Å². The molecular formula is C53H33NS. The zero-order valence-corrected chi connectivity index (χ0v) is 30.7. The molecule has 11 aromatic rings. The van der Waals surface area contributed by atoms with Gasteiger partial charge in [-0.2, -0.15) is 0 Å².